The SMILES string of the molecule is CC(Oc1ccc(/C=C/c2cc(=O)[nH]c(C3CC3)n2)cc1)C(=O)O. The van der Waals surface area contributed by atoms with Crippen LogP contribution in [0.25, 0.3) is 12.2 Å². The van der Waals surface area contributed by atoms with Gasteiger partial charge in [0.15, 0.2) is 6.10 Å². The molecule has 1 unspecified atom stereocenters. The second-order valence-corrected chi connectivity index (χ2v) is 5.83. The van der Waals surface area contributed by atoms with Gasteiger partial charge in [0.2, 0.25) is 0 Å². The number of nitrogens with one attached hydrogen (secondary N) is 1. The van der Waals surface area contributed by atoms with Crippen LogP contribution in [-0.4, -0.2) is 27.1 Å². The average molecular weight is 326 g/mol. The van der Waals surface area contributed by atoms with Crippen molar-refractivity contribution in [2.75, 3.05) is 0 Å². The van der Waals surface area contributed by atoms with Crippen molar-refractivity contribution < 1.29 is 14.6 Å². The van der Waals surface area contributed by atoms with E-state index >= 15 is 0 Å². The van der Waals surface area contributed by atoms with E-state index in [0.29, 0.717) is 17.4 Å². The lowest BCUT2D eigenvalue weighted by atomic mass is 10.2. The molecule has 1 aromatic heterocycles. The summed E-state index contributed by atoms with van der Waals surface area (Å²) in [6.07, 6.45) is 4.89. The summed E-state index contributed by atoms with van der Waals surface area (Å²) >= 11 is 0. The Hall–Kier alpha value is -2.89. The summed E-state index contributed by atoms with van der Waals surface area (Å²) in [5.74, 6) is 0.630. The maximum Gasteiger partial charge on any atom is 0.344 e. The summed E-state index contributed by atoms with van der Waals surface area (Å²) in [4.78, 5) is 29.7. The number of carboxylic acids is 1. The summed E-state index contributed by atoms with van der Waals surface area (Å²) in [7, 11) is 0. The Morgan fingerprint density at radius 3 is 2.67 bits per heavy atom. The van der Waals surface area contributed by atoms with Crippen molar-refractivity contribution in [2.45, 2.75) is 31.8 Å². The lowest BCUT2D eigenvalue weighted by molar-refractivity contribution is -0.144. The monoisotopic (exact) mass is 326 g/mol. The second-order valence-electron chi connectivity index (χ2n) is 5.83. The summed E-state index contributed by atoms with van der Waals surface area (Å²) in [5.41, 5.74) is 1.39. The number of hydrogen-bond acceptors (Lipinski definition) is 4. The van der Waals surface area contributed by atoms with E-state index in [0.717, 1.165) is 24.2 Å². The smallest absolute Gasteiger partial charge is 0.344 e. The second kappa shape index (κ2) is 6.70. The van der Waals surface area contributed by atoms with E-state index in [1.807, 2.05) is 18.2 Å². The van der Waals surface area contributed by atoms with Crippen molar-refractivity contribution in [3.63, 3.8) is 0 Å². The first-order chi connectivity index (χ1) is 11.5. The van der Waals surface area contributed by atoms with Gasteiger partial charge in [0.1, 0.15) is 11.6 Å². The van der Waals surface area contributed by atoms with Gasteiger partial charge in [-0.3, -0.25) is 4.79 Å². The first-order valence-corrected chi connectivity index (χ1v) is 7.80. The van der Waals surface area contributed by atoms with Gasteiger partial charge in [0.25, 0.3) is 5.56 Å². The first-order valence-electron chi connectivity index (χ1n) is 7.80. The van der Waals surface area contributed by atoms with E-state index < -0.39 is 12.1 Å². The molecule has 1 fully saturated rings. The fourth-order valence-electron chi connectivity index (χ4n) is 2.23. The van der Waals surface area contributed by atoms with E-state index in [1.54, 1.807) is 18.2 Å². The third-order valence-corrected chi connectivity index (χ3v) is 3.73. The van der Waals surface area contributed by atoms with E-state index in [-0.39, 0.29) is 5.56 Å². The minimum atomic E-state index is -1.01. The average Bonchev–Trinajstić information content (AvgIpc) is 3.38. The Morgan fingerprint density at radius 2 is 2.04 bits per heavy atom. The predicted molar refractivity (Wildman–Crippen MR) is 89.9 cm³/mol. The first kappa shape index (κ1) is 16.0. The molecule has 1 saturated carbocycles. The minimum Gasteiger partial charge on any atom is -0.479 e. The van der Waals surface area contributed by atoms with Crippen molar-refractivity contribution in [1.29, 1.82) is 0 Å². The number of aliphatic carboxylic acids is 1. The van der Waals surface area contributed by atoms with Crippen molar-refractivity contribution in [3.05, 3.63) is 57.8 Å². The van der Waals surface area contributed by atoms with Crippen molar-refractivity contribution in [3.8, 4) is 5.75 Å². The summed E-state index contributed by atoms with van der Waals surface area (Å²) in [6.45, 7) is 1.48. The number of carboxylic acid groups (broad SMARTS) is 1. The standard InChI is InChI=1S/C18H18N2O4/c1-11(18(22)23)24-15-8-3-12(4-9-15)2-7-14-10-16(21)20-17(19-14)13-5-6-13/h2-4,7-11,13H,5-6H2,1H3,(H,22,23)(H,19,20,21)/b7-2+. The fourth-order valence-corrected chi connectivity index (χ4v) is 2.23. The van der Waals surface area contributed by atoms with Gasteiger partial charge in [-0.2, -0.15) is 0 Å². The zero-order chi connectivity index (χ0) is 17.1. The molecule has 1 aromatic carbocycles. The summed E-state index contributed by atoms with van der Waals surface area (Å²) in [6, 6.07) is 8.51. The number of carbonyl (C=O) groups is 1. The van der Waals surface area contributed by atoms with Crippen molar-refractivity contribution in [1.82, 2.24) is 9.97 Å². The van der Waals surface area contributed by atoms with Gasteiger partial charge < -0.3 is 14.8 Å². The molecular formula is C18H18N2O4. The van der Waals surface area contributed by atoms with Crippen molar-refractivity contribution >= 4 is 18.1 Å². The molecule has 2 N–H and O–H groups in total. The molecule has 6 heteroatoms. The minimum absolute atomic E-state index is 0.141. The number of hydrogen-bond donors (Lipinski definition) is 2. The summed E-state index contributed by atoms with van der Waals surface area (Å²) in [5, 5.41) is 8.83. The zero-order valence-corrected chi connectivity index (χ0v) is 13.2. The largest absolute Gasteiger partial charge is 0.479 e. The molecule has 1 aliphatic carbocycles. The Labute approximate surface area is 138 Å². The number of aromatic amines is 1. The van der Waals surface area contributed by atoms with Crippen LogP contribution < -0.4 is 10.3 Å². The third kappa shape index (κ3) is 4.10. The predicted octanol–water partition coefficient (Wildman–Crippen LogP) is 2.67. The van der Waals surface area contributed by atoms with Gasteiger partial charge in [0.05, 0.1) is 5.69 Å². The number of nitrogens with zero attached hydrogens (tertiary/aromatic N) is 1. The van der Waals surface area contributed by atoms with Crippen LogP contribution >= 0.6 is 0 Å². The zero-order valence-electron chi connectivity index (χ0n) is 13.2. The van der Waals surface area contributed by atoms with Gasteiger partial charge in [-0.1, -0.05) is 18.2 Å². The van der Waals surface area contributed by atoms with Crippen LogP contribution in [0.5, 0.6) is 5.75 Å². The molecule has 0 amide bonds. The Kier molecular flexibility index (Phi) is 4.46. The number of rotatable bonds is 6. The lowest BCUT2D eigenvalue weighted by Crippen LogP contribution is -2.22. The van der Waals surface area contributed by atoms with Crippen LogP contribution in [0.1, 0.15) is 42.8 Å². The molecule has 3 rings (SSSR count). The molecule has 0 bridgehead atoms. The number of ether oxygens (including phenoxy) is 1. The molecule has 0 spiro atoms. The molecule has 24 heavy (non-hydrogen) atoms. The van der Waals surface area contributed by atoms with E-state index in [2.05, 4.69) is 9.97 Å². The molecule has 1 aliphatic rings. The molecule has 1 atom stereocenters. The Balaban J connectivity index is 1.70. The van der Waals surface area contributed by atoms with Gasteiger partial charge in [0, 0.05) is 12.0 Å². The van der Waals surface area contributed by atoms with Crippen molar-refractivity contribution in [2.24, 2.45) is 0 Å². The van der Waals surface area contributed by atoms with E-state index in [4.69, 9.17) is 9.84 Å². The van der Waals surface area contributed by atoms with Gasteiger partial charge >= 0.3 is 5.97 Å². The van der Waals surface area contributed by atoms with Crippen LogP contribution in [-0.2, 0) is 4.79 Å². The van der Waals surface area contributed by atoms with Crippen LogP contribution in [0.4, 0.5) is 0 Å². The molecule has 2 aromatic rings. The number of benzene rings is 1. The highest BCUT2D eigenvalue weighted by Gasteiger charge is 2.26. The highest BCUT2D eigenvalue weighted by molar-refractivity contribution is 5.72. The molecular weight excluding hydrogens is 308 g/mol. The van der Waals surface area contributed by atoms with E-state index in [1.165, 1.54) is 13.0 Å². The van der Waals surface area contributed by atoms with Gasteiger partial charge in [-0.25, -0.2) is 9.78 Å². The molecule has 0 aliphatic heterocycles. The van der Waals surface area contributed by atoms with E-state index in [9.17, 15) is 9.59 Å². The van der Waals surface area contributed by atoms with Crippen LogP contribution in [0.2, 0.25) is 0 Å². The van der Waals surface area contributed by atoms with Crippen LogP contribution in [0.15, 0.2) is 35.1 Å². The van der Waals surface area contributed by atoms with Gasteiger partial charge in [-0.05, 0) is 43.5 Å². The van der Waals surface area contributed by atoms with Crippen LogP contribution in [0.3, 0.4) is 0 Å². The molecule has 1 heterocycles. The molecule has 124 valence electrons. The molecule has 6 nitrogen and oxygen atoms in total. The highest BCUT2D eigenvalue weighted by atomic mass is 16.5. The fraction of sp³-hybridized carbons (Fsp3) is 0.278. The quantitative estimate of drug-likeness (QED) is 0.851. The Morgan fingerprint density at radius 1 is 1.33 bits per heavy atom. The summed E-state index contributed by atoms with van der Waals surface area (Å²) < 4.78 is 5.28. The van der Waals surface area contributed by atoms with Crippen LogP contribution in [0, 0.1) is 0 Å². The third-order valence-electron chi connectivity index (χ3n) is 3.73. The topological polar surface area (TPSA) is 92.3 Å². The molecule has 0 radical (unpaired) electrons. The lowest BCUT2D eigenvalue weighted by Gasteiger charge is -2.10. The highest BCUT2D eigenvalue weighted by Crippen LogP contribution is 2.37. The van der Waals surface area contributed by atoms with Gasteiger partial charge in [-0.15, -0.1) is 0 Å². The normalized spacial score (nSPS) is 15.4. The Bertz CT molecular complexity index is 820. The maximum atomic E-state index is 11.7. The number of H-pyrrole nitrogens is 1. The molecule has 0 saturated heterocycles. The maximum absolute atomic E-state index is 11.7. The number of aromatic nitrogens is 2.